The van der Waals surface area contributed by atoms with E-state index in [-0.39, 0.29) is 19.1 Å². The number of hydrogen-bond donors (Lipinski definition) is 3. The highest BCUT2D eigenvalue weighted by molar-refractivity contribution is 9.09. The quantitative estimate of drug-likeness (QED) is 0.574. The number of aliphatic hydroxyl groups is 2. The molecule has 4 nitrogen and oxygen atoms in total. The molecule has 1 amide bonds. The second kappa shape index (κ2) is 5.50. The fourth-order valence-electron chi connectivity index (χ4n) is 0.519. The molecular formula is C7H14BrNO3. The molecule has 0 bridgehead atoms. The molecule has 5 heteroatoms. The third-order valence-electron chi connectivity index (χ3n) is 1.33. The van der Waals surface area contributed by atoms with E-state index in [1.165, 1.54) is 6.92 Å². The number of amides is 1. The highest BCUT2D eigenvalue weighted by Gasteiger charge is 2.19. The second-order valence-corrected chi connectivity index (χ2v) is 3.66. The lowest BCUT2D eigenvalue weighted by Crippen LogP contribution is -2.43. The molecule has 3 N–H and O–H groups in total. The maximum Gasteiger partial charge on any atom is 0.220 e. The molecular weight excluding hydrogens is 226 g/mol. The van der Waals surface area contributed by atoms with Crippen LogP contribution in [0, 0.1) is 0 Å². The molecule has 0 aromatic carbocycles. The van der Waals surface area contributed by atoms with Crippen LogP contribution in [0.1, 0.15) is 13.3 Å². The summed E-state index contributed by atoms with van der Waals surface area (Å²) in [4.78, 5) is 10.9. The number of nitrogens with one attached hydrogen (secondary N) is 1. The van der Waals surface area contributed by atoms with Crippen molar-refractivity contribution in [2.45, 2.75) is 18.9 Å². The van der Waals surface area contributed by atoms with E-state index in [4.69, 9.17) is 5.11 Å². The predicted molar refractivity (Wildman–Crippen MR) is 49.1 cm³/mol. The van der Waals surface area contributed by atoms with Crippen molar-refractivity contribution >= 4 is 21.8 Å². The van der Waals surface area contributed by atoms with E-state index >= 15 is 0 Å². The average Bonchev–Trinajstić information content (AvgIpc) is 2.02. The third kappa shape index (κ3) is 5.51. The molecule has 0 spiro atoms. The van der Waals surface area contributed by atoms with E-state index < -0.39 is 5.60 Å². The Labute approximate surface area is 80.1 Å². The van der Waals surface area contributed by atoms with Crippen LogP contribution in [0.2, 0.25) is 0 Å². The Balaban J connectivity index is 3.60. The molecule has 72 valence electrons. The van der Waals surface area contributed by atoms with Gasteiger partial charge in [-0.2, -0.15) is 0 Å². The van der Waals surface area contributed by atoms with Crippen molar-refractivity contribution in [2.24, 2.45) is 0 Å². The molecule has 0 aliphatic heterocycles. The molecule has 0 saturated carbocycles. The van der Waals surface area contributed by atoms with Gasteiger partial charge in [-0.15, -0.1) is 0 Å². The van der Waals surface area contributed by atoms with Crippen LogP contribution >= 0.6 is 15.9 Å². The van der Waals surface area contributed by atoms with E-state index in [0.29, 0.717) is 11.8 Å². The maximum absolute atomic E-state index is 10.9. The van der Waals surface area contributed by atoms with Crippen molar-refractivity contribution in [1.29, 1.82) is 0 Å². The van der Waals surface area contributed by atoms with Crippen LogP contribution in [0.5, 0.6) is 0 Å². The van der Waals surface area contributed by atoms with Gasteiger partial charge in [0.2, 0.25) is 5.91 Å². The summed E-state index contributed by atoms with van der Waals surface area (Å²) in [6.45, 7) is 1.18. The lowest BCUT2D eigenvalue weighted by Gasteiger charge is -2.20. The van der Waals surface area contributed by atoms with Crippen LogP contribution in [0.4, 0.5) is 0 Å². The molecule has 0 fully saturated rings. The maximum atomic E-state index is 10.9. The predicted octanol–water partition coefficient (Wildman–Crippen LogP) is -0.369. The van der Waals surface area contributed by atoms with Crippen LogP contribution < -0.4 is 5.32 Å². The van der Waals surface area contributed by atoms with Gasteiger partial charge in [-0.05, 0) is 6.92 Å². The summed E-state index contributed by atoms with van der Waals surface area (Å²) in [6.07, 6.45) is 0.376. The summed E-state index contributed by atoms with van der Waals surface area (Å²) in [5, 5.41) is 21.0. The summed E-state index contributed by atoms with van der Waals surface area (Å²) < 4.78 is 0. The van der Waals surface area contributed by atoms with Gasteiger partial charge < -0.3 is 15.5 Å². The first-order valence-corrected chi connectivity index (χ1v) is 4.80. The SMILES string of the molecule is CC(O)(CO)CNC(=O)CCBr. The summed E-state index contributed by atoms with van der Waals surface area (Å²) >= 11 is 3.11. The third-order valence-corrected chi connectivity index (χ3v) is 1.73. The first-order valence-electron chi connectivity index (χ1n) is 3.68. The van der Waals surface area contributed by atoms with E-state index in [1.54, 1.807) is 0 Å². The monoisotopic (exact) mass is 239 g/mol. The molecule has 0 aliphatic rings. The lowest BCUT2D eigenvalue weighted by molar-refractivity contribution is -0.122. The van der Waals surface area contributed by atoms with Gasteiger partial charge in [0.15, 0.2) is 0 Å². The summed E-state index contributed by atoms with van der Waals surface area (Å²) in [6, 6.07) is 0. The zero-order valence-electron chi connectivity index (χ0n) is 7.01. The van der Waals surface area contributed by atoms with Crippen molar-refractivity contribution in [2.75, 3.05) is 18.5 Å². The fraction of sp³-hybridized carbons (Fsp3) is 0.857. The highest BCUT2D eigenvalue weighted by atomic mass is 79.9. The molecule has 0 radical (unpaired) electrons. The average molecular weight is 240 g/mol. The van der Waals surface area contributed by atoms with Gasteiger partial charge in [0.05, 0.1) is 6.61 Å². The number of hydrogen-bond acceptors (Lipinski definition) is 3. The van der Waals surface area contributed by atoms with Crippen LogP contribution in [-0.4, -0.2) is 40.2 Å². The highest BCUT2D eigenvalue weighted by Crippen LogP contribution is 1.98. The molecule has 0 saturated heterocycles. The van der Waals surface area contributed by atoms with E-state index in [2.05, 4.69) is 21.2 Å². The Hall–Kier alpha value is -0.130. The molecule has 0 rings (SSSR count). The number of alkyl halides is 1. The van der Waals surface area contributed by atoms with Gasteiger partial charge in [0, 0.05) is 18.3 Å². The summed E-state index contributed by atoms with van der Waals surface area (Å²) in [7, 11) is 0. The molecule has 0 aromatic rings. The molecule has 0 aromatic heterocycles. The van der Waals surface area contributed by atoms with Gasteiger partial charge in [0.1, 0.15) is 5.60 Å². The Morgan fingerprint density at radius 1 is 1.67 bits per heavy atom. The summed E-state index contributed by atoms with van der Waals surface area (Å²) in [5.41, 5.74) is -1.22. The largest absolute Gasteiger partial charge is 0.393 e. The lowest BCUT2D eigenvalue weighted by atomic mass is 10.1. The molecule has 0 aliphatic carbocycles. The minimum absolute atomic E-state index is 0.0787. The normalized spacial score (nSPS) is 15.3. The second-order valence-electron chi connectivity index (χ2n) is 2.87. The van der Waals surface area contributed by atoms with Crippen molar-refractivity contribution in [1.82, 2.24) is 5.32 Å². The van der Waals surface area contributed by atoms with Crippen LogP contribution in [0.15, 0.2) is 0 Å². The van der Waals surface area contributed by atoms with Crippen LogP contribution in [0.25, 0.3) is 0 Å². The first-order chi connectivity index (χ1) is 5.52. The smallest absolute Gasteiger partial charge is 0.220 e. The molecule has 1 atom stereocenters. The van der Waals surface area contributed by atoms with Gasteiger partial charge in [-0.1, -0.05) is 15.9 Å². The zero-order chi connectivity index (χ0) is 9.61. The molecule has 12 heavy (non-hydrogen) atoms. The number of rotatable bonds is 5. The van der Waals surface area contributed by atoms with E-state index in [1.807, 2.05) is 0 Å². The van der Waals surface area contributed by atoms with E-state index in [0.717, 1.165) is 0 Å². The van der Waals surface area contributed by atoms with Crippen LogP contribution in [0.3, 0.4) is 0 Å². The van der Waals surface area contributed by atoms with Gasteiger partial charge in [-0.25, -0.2) is 0 Å². The molecule has 1 unspecified atom stereocenters. The Kier molecular flexibility index (Phi) is 5.44. The Morgan fingerprint density at radius 3 is 2.67 bits per heavy atom. The zero-order valence-corrected chi connectivity index (χ0v) is 8.60. The first kappa shape index (κ1) is 11.9. The Morgan fingerprint density at radius 2 is 2.25 bits per heavy atom. The number of carbonyl (C=O) groups excluding carboxylic acids is 1. The van der Waals surface area contributed by atoms with E-state index in [9.17, 15) is 9.90 Å². The number of aliphatic hydroxyl groups excluding tert-OH is 1. The summed E-state index contributed by atoms with van der Waals surface area (Å²) in [5.74, 6) is -0.138. The Bertz CT molecular complexity index is 150. The minimum Gasteiger partial charge on any atom is -0.393 e. The van der Waals surface area contributed by atoms with Crippen molar-refractivity contribution in [3.05, 3.63) is 0 Å². The standard InChI is InChI=1S/C7H14BrNO3/c1-7(12,5-10)4-9-6(11)2-3-8/h10,12H,2-5H2,1H3,(H,9,11). The van der Waals surface area contributed by atoms with Gasteiger partial charge >= 0.3 is 0 Å². The number of carbonyl (C=O) groups is 1. The fourth-order valence-corrected chi connectivity index (χ4v) is 0.879. The minimum atomic E-state index is -1.22. The van der Waals surface area contributed by atoms with Gasteiger partial charge in [0.25, 0.3) is 0 Å². The number of halogens is 1. The van der Waals surface area contributed by atoms with Crippen molar-refractivity contribution < 1.29 is 15.0 Å². The van der Waals surface area contributed by atoms with Crippen LogP contribution in [-0.2, 0) is 4.79 Å². The van der Waals surface area contributed by atoms with Crippen molar-refractivity contribution in [3.63, 3.8) is 0 Å². The van der Waals surface area contributed by atoms with Gasteiger partial charge in [-0.3, -0.25) is 4.79 Å². The van der Waals surface area contributed by atoms with Crippen molar-refractivity contribution in [3.8, 4) is 0 Å². The topological polar surface area (TPSA) is 69.6 Å². The molecule has 0 heterocycles.